The maximum Gasteiger partial charge on any atom is 0.0667 e. The molecule has 2 aromatic rings. The molecule has 2 rings (SSSR count). The Kier molecular flexibility index (Phi) is 5.46. The third-order valence-electron chi connectivity index (χ3n) is 3.00. The van der Waals surface area contributed by atoms with Crippen LogP contribution in [-0.4, -0.2) is 16.3 Å². The van der Waals surface area contributed by atoms with Gasteiger partial charge in [0, 0.05) is 35.0 Å². The van der Waals surface area contributed by atoms with E-state index < -0.39 is 0 Å². The molecule has 0 aliphatic heterocycles. The van der Waals surface area contributed by atoms with Crippen LogP contribution in [0, 0.1) is 0 Å². The van der Waals surface area contributed by atoms with E-state index in [4.69, 9.17) is 17.3 Å². The van der Waals surface area contributed by atoms with Crippen LogP contribution >= 0.6 is 27.5 Å². The van der Waals surface area contributed by atoms with Crippen LogP contribution in [0.5, 0.6) is 0 Å². The Morgan fingerprint density at radius 3 is 2.95 bits per heavy atom. The van der Waals surface area contributed by atoms with Gasteiger partial charge in [0.1, 0.15) is 0 Å². The zero-order valence-corrected chi connectivity index (χ0v) is 13.7. The van der Waals surface area contributed by atoms with Crippen molar-refractivity contribution in [2.75, 3.05) is 11.9 Å². The average Bonchev–Trinajstić information content (AvgIpc) is 2.89. The van der Waals surface area contributed by atoms with Crippen molar-refractivity contribution in [2.24, 2.45) is 5.73 Å². The largest absolute Gasteiger partial charge is 0.377 e. The van der Waals surface area contributed by atoms with E-state index >= 15 is 0 Å². The van der Waals surface area contributed by atoms with Crippen LogP contribution in [0.3, 0.4) is 0 Å². The Morgan fingerprint density at radius 2 is 2.30 bits per heavy atom. The second kappa shape index (κ2) is 7.11. The van der Waals surface area contributed by atoms with Gasteiger partial charge in [-0.25, -0.2) is 0 Å². The van der Waals surface area contributed by atoms with Crippen LogP contribution in [-0.2, 0) is 6.54 Å². The van der Waals surface area contributed by atoms with Gasteiger partial charge in [-0.3, -0.25) is 4.68 Å². The minimum Gasteiger partial charge on any atom is -0.377 e. The average molecular weight is 358 g/mol. The van der Waals surface area contributed by atoms with Crippen molar-refractivity contribution >= 4 is 33.2 Å². The van der Waals surface area contributed by atoms with Crippen LogP contribution in [0.15, 0.2) is 35.1 Å². The van der Waals surface area contributed by atoms with Crippen LogP contribution in [0.25, 0.3) is 0 Å². The Labute approximate surface area is 132 Å². The number of aromatic nitrogens is 2. The van der Waals surface area contributed by atoms with E-state index in [2.05, 4.69) is 33.3 Å². The van der Waals surface area contributed by atoms with E-state index in [1.807, 2.05) is 35.3 Å². The first-order valence-electron chi connectivity index (χ1n) is 6.58. The molecular formula is C14H18BrClN4. The molecule has 0 fully saturated rings. The molecule has 0 amide bonds. The molecule has 1 aromatic carbocycles. The van der Waals surface area contributed by atoms with Crippen molar-refractivity contribution in [1.29, 1.82) is 0 Å². The molecule has 6 heteroatoms. The second-order valence-corrected chi connectivity index (χ2v) is 5.86. The first-order chi connectivity index (χ1) is 9.63. The van der Waals surface area contributed by atoms with Gasteiger partial charge in [-0.15, -0.1) is 0 Å². The topological polar surface area (TPSA) is 55.9 Å². The van der Waals surface area contributed by atoms with Gasteiger partial charge >= 0.3 is 0 Å². The van der Waals surface area contributed by atoms with Crippen molar-refractivity contribution in [1.82, 2.24) is 9.78 Å². The highest BCUT2D eigenvalue weighted by Crippen LogP contribution is 2.27. The Morgan fingerprint density at radius 1 is 1.50 bits per heavy atom. The maximum absolute atomic E-state index is 5.99. The number of nitrogens with one attached hydrogen (secondary N) is 1. The van der Waals surface area contributed by atoms with E-state index in [-0.39, 0.29) is 6.04 Å². The Hall–Kier alpha value is -1.04. The van der Waals surface area contributed by atoms with Crippen LogP contribution in [0.2, 0.25) is 5.02 Å². The van der Waals surface area contributed by atoms with Gasteiger partial charge in [0.2, 0.25) is 0 Å². The lowest BCUT2D eigenvalue weighted by molar-refractivity contribution is 0.601. The summed E-state index contributed by atoms with van der Waals surface area (Å²) in [6.45, 7) is 3.55. The summed E-state index contributed by atoms with van der Waals surface area (Å²) in [5.74, 6) is 0. The first kappa shape index (κ1) is 15.4. The van der Waals surface area contributed by atoms with Crippen molar-refractivity contribution in [3.05, 3.63) is 45.7 Å². The van der Waals surface area contributed by atoms with E-state index in [0.717, 1.165) is 28.7 Å². The fourth-order valence-electron chi connectivity index (χ4n) is 1.98. The second-order valence-electron chi connectivity index (χ2n) is 4.60. The number of benzene rings is 1. The number of halogens is 2. The molecule has 1 unspecified atom stereocenters. The highest BCUT2D eigenvalue weighted by molar-refractivity contribution is 9.10. The molecule has 4 nitrogen and oxygen atoms in total. The van der Waals surface area contributed by atoms with Crippen molar-refractivity contribution in [3.63, 3.8) is 0 Å². The number of rotatable bonds is 6. The molecule has 0 spiro atoms. The van der Waals surface area contributed by atoms with Crippen molar-refractivity contribution in [2.45, 2.75) is 25.9 Å². The molecule has 0 radical (unpaired) electrons. The Balaban J connectivity index is 2.12. The number of hydrogen-bond donors (Lipinski definition) is 2. The third kappa shape index (κ3) is 3.75. The van der Waals surface area contributed by atoms with E-state index in [0.29, 0.717) is 11.6 Å². The van der Waals surface area contributed by atoms with E-state index in [9.17, 15) is 0 Å². The quantitative estimate of drug-likeness (QED) is 0.826. The molecule has 1 atom stereocenters. The first-order valence-corrected chi connectivity index (χ1v) is 7.75. The standard InChI is InChI=1S/C14H18BrClN4/c1-2-5-20-9-10(8-18-20)14(7-17)19-11-3-4-13(16)12(15)6-11/h3-4,6,8-9,14,19H,2,5,7,17H2,1H3. The van der Waals surface area contributed by atoms with Gasteiger partial charge in [0.15, 0.2) is 0 Å². The van der Waals surface area contributed by atoms with Crippen molar-refractivity contribution < 1.29 is 0 Å². The van der Waals surface area contributed by atoms with Gasteiger partial charge in [-0.1, -0.05) is 18.5 Å². The monoisotopic (exact) mass is 356 g/mol. The lowest BCUT2D eigenvalue weighted by Crippen LogP contribution is -2.20. The summed E-state index contributed by atoms with van der Waals surface area (Å²) in [5, 5.41) is 8.43. The van der Waals surface area contributed by atoms with Gasteiger partial charge < -0.3 is 11.1 Å². The van der Waals surface area contributed by atoms with Gasteiger partial charge in [0.25, 0.3) is 0 Å². The minimum atomic E-state index is 0.0358. The summed E-state index contributed by atoms with van der Waals surface area (Å²) in [4.78, 5) is 0. The maximum atomic E-state index is 5.99. The molecule has 3 N–H and O–H groups in total. The summed E-state index contributed by atoms with van der Waals surface area (Å²) in [6.07, 6.45) is 4.97. The molecule has 0 bridgehead atoms. The predicted molar refractivity (Wildman–Crippen MR) is 87.1 cm³/mol. The molecule has 108 valence electrons. The molecule has 0 aliphatic carbocycles. The normalized spacial score (nSPS) is 12.4. The van der Waals surface area contributed by atoms with Gasteiger partial charge in [-0.05, 0) is 40.5 Å². The lowest BCUT2D eigenvalue weighted by Gasteiger charge is -2.17. The van der Waals surface area contributed by atoms with Crippen LogP contribution in [0.4, 0.5) is 5.69 Å². The van der Waals surface area contributed by atoms with E-state index in [1.165, 1.54) is 0 Å². The highest BCUT2D eigenvalue weighted by Gasteiger charge is 2.12. The van der Waals surface area contributed by atoms with Crippen LogP contribution < -0.4 is 11.1 Å². The number of hydrogen-bond acceptors (Lipinski definition) is 3. The highest BCUT2D eigenvalue weighted by atomic mass is 79.9. The van der Waals surface area contributed by atoms with Gasteiger partial charge in [0.05, 0.1) is 17.3 Å². The number of nitrogens with zero attached hydrogens (tertiary/aromatic N) is 2. The minimum absolute atomic E-state index is 0.0358. The van der Waals surface area contributed by atoms with Crippen LogP contribution in [0.1, 0.15) is 24.9 Å². The molecule has 0 saturated heterocycles. The number of anilines is 1. The smallest absolute Gasteiger partial charge is 0.0667 e. The summed E-state index contributed by atoms with van der Waals surface area (Å²) in [5.41, 5.74) is 7.93. The fourth-order valence-corrected chi connectivity index (χ4v) is 2.47. The molecule has 0 saturated carbocycles. The predicted octanol–water partition coefficient (Wildman–Crippen LogP) is 3.82. The van der Waals surface area contributed by atoms with Gasteiger partial charge in [-0.2, -0.15) is 5.10 Å². The summed E-state index contributed by atoms with van der Waals surface area (Å²) < 4.78 is 2.80. The summed E-state index contributed by atoms with van der Waals surface area (Å²) >= 11 is 9.41. The SMILES string of the molecule is CCCn1cc(C(CN)Nc2ccc(Cl)c(Br)c2)cn1. The third-order valence-corrected chi connectivity index (χ3v) is 4.22. The molecule has 1 aromatic heterocycles. The number of nitrogens with two attached hydrogens (primary N) is 1. The van der Waals surface area contributed by atoms with Crippen molar-refractivity contribution in [3.8, 4) is 0 Å². The molecule has 1 heterocycles. The van der Waals surface area contributed by atoms with E-state index in [1.54, 1.807) is 0 Å². The summed E-state index contributed by atoms with van der Waals surface area (Å²) in [6, 6.07) is 5.77. The lowest BCUT2D eigenvalue weighted by atomic mass is 10.1. The molecule has 0 aliphatic rings. The fraction of sp³-hybridized carbons (Fsp3) is 0.357. The number of aryl methyl sites for hydroxylation is 1. The molecule has 20 heavy (non-hydrogen) atoms. The molecular weight excluding hydrogens is 340 g/mol. The summed E-state index contributed by atoms with van der Waals surface area (Å²) in [7, 11) is 0. The zero-order valence-electron chi connectivity index (χ0n) is 11.3. The zero-order chi connectivity index (χ0) is 14.5. The Bertz CT molecular complexity index is 570.